The van der Waals surface area contributed by atoms with Gasteiger partial charge in [-0.05, 0) is 72.6 Å². The highest BCUT2D eigenvalue weighted by Crippen LogP contribution is 2.57. The number of methoxy groups -OCH3 is 4. The summed E-state index contributed by atoms with van der Waals surface area (Å²) in [5.74, 6) is -7.62. The number of carboxylic acids is 1. The monoisotopic (exact) mass is 915 g/mol. The van der Waals surface area contributed by atoms with Gasteiger partial charge in [-0.1, -0.05) is 34.6 Å². The van der Waals surface area contributed by atoms with Crippen molar-refractivity contribution in [3.8, 4) is 0 Å². The minimum Gasteiger partial charge on any atom is -0.481 e. The number of aliphatic hydroxyl groups is 2. The molecule has 0 bridgehead atoms. The summed E-state index contributed by atoms with van der Waals surface area (Å²) < 4.78 is 78.9. The van der Waals surface area contributed by atoms with E-state index in [0.29, 0.717) is 25.7 Å². The number of carbonyl (C=O) groups is 1. The Balaban J connectivity index is 1.15. The Bertz CT molecular complexity index is 1600. The smallest absolute Gasteiger partial charge is 0.311 e. The summed E-state index contributed by atoms with van der Waals surface area (Å²) >= 11 is 0. The Hall–Kier alpha value is -1.09. The van der Waals surface area contributed by atoms with E-state index in [2.05, 4.69) is 34.6 Å². The average molecular weight is 915 g/mol. The van der Waals surface area contributed by atoms with Crippen LogP contribution in [0.5, 0.6) is 0 Å². The van der Waals surface area contributed by atoms with Gasteiger partial charge in [0.05, 0.1) is 72.2 Å². The second kappa shape index (κ2) is 19.0. The van der Waals surface area contributed by atoms with Crippen LogP contribution in [0.3, 0.4) is 0 Å². The van der Waals surface area contributed by atoms with Crippen LogP contribution in [0.2, 0.25) is 0 Å². The highest BCUT2D eigenvalue weighted by molar-refractivity contribution is 5.70. The summed E-state index contributed by atoms with van der Waals surface area (Å²) in [6, 6.07) is 0. The predicted molar refractivity (Wildman–Crippen MR) is 231 cm³/mol. The van der Waals surface area contributed by atoms with Crippen LogP contribution in [-0.2, 0) is 61.6 Å². The van der Waals surface area contributed by atoms with Crippen molar-refractivity contribution in [2.75, 3.05) is 28.4 Å². The second-order valence-electron chi connectivity index (χ2n) is 21.5. The van der Waals surface area contributed by atoms with Crippen LogP contribution in [0.4, 0.5) is 0 Å². The maximum absolute atomic E-state index is 12.3. The number of hydrogen-bond donors (Lipinski definition) is 3. The first-order valence-electron chi connectivity index (χ1n) is 24.2. The molecule has 0 aromatic rings. The Morgan fingerprint density at radius 1 is 0.719 bits per heavy atom. The highest BCUT2D eigenvalue weighted by atomic mass is 16.7. The molecular weight excluding hydrogens is 833 g/mol. The zero-order chi connectivity index (χ0) is 46.9. The van der Waals surface area contributed by atoms with Crippen molar-refractivity contribution in [2.24, 2.45) is 35.5 Å². The summed E-state index contributed by atoms with van der Waals surface area (Å²) in [6.45, 7) is 19.6. The molecule has 1 unspecified atom stereocenters. The van der Waals surface area contributed by atoms with Crippen LogP contribution in [-0.4, -0.2) is 158 Å². The lowest BCUT2D eigenvalue weighted by molar-refractivity contribution is -0.371. The molecule has 7 saturated heterocycles. The summed E-state index contributed by atoms with van der Waals surface area (Å²) in [5.41, 5.74) is -1.65. The number of aliphatic carboxylic acids is 1. The molecule has 370 valence electrons. The molecule has 64 heavy (non-hydrogen) atoms. The van der Waals surface area contributed by atoms with Gasteiger partial charge in [-0.25, -0.2) is 0 Å². The van der Waals surface area contributed by atoms with E-state index in [1.165, 1.54) is 14.0 Å². The SMILES string of the molecule is CO[C@@H]1[C@@H](OC)[C@H](C)[C@](O)([C@H](C)C(=O)O)O[C@H]1C[C@@H]1C[C@@H](OC)[C@@H](C)[C@]2(O1)O[C@](C)([C@@H]1O[C@](C)([C@H]3CC[C@H]([C@H]4O[C@](C)(O)[C@H](C)C[C@@H]4C)O3)C[C@H]1OC1CC[C@H](OC)[C@@H](C)O1)C[C@H]2C. The van der Waals surface area contributed by atoms with E-state index in [9.17, 15) is 20.1 Å². The summed E-state index contributed by atoms with van der Waals surface area (Å²) in [7, 11) is 6.51. The fourth-order valence-electron chi connectivity index (χ4n) is 13.1. The third kappa shape index (κ3) is 9.11. The Morgan fingerprint density at radius 2 is 1.41 bits per heavy atom. The standard InChI is InChI=1S/C48H82O16/c1-24-19-25(2)46(10,51)62-39(24)33-15-17-37(58-33)44(8)23-36(59-38-18-16-32(53-11)30(7)57-38)42(63-44)45(9)22-26(3)48(64-45)27(4)34(54-12)20-31(60-48)21-35-41(56-14)40(55-13)28(5)47(52,61-35)29(6)43(49)50/h24-42,51-52H,15-23H2,1-14H3,(H,49,50)/t24-,25+,26+,27+,28-,29+,30+,31-,32-,33+,34+,35-,36+,37+,38?,39-,40-,41-,42+,44-,45-,46-,47+,48+/m0/s1. The van der Waals surface area contributed by atoms with Crippen molar-refractivity contribution in [1.29, 1.82) is 0 Å². The number of rotatable bonds is 13. The van der Waals surface area contributed by atoms with Gasteiger partial charge in [-0.3, -0.25) is 4.79 Å². The van der Waals surface area contributed by atoms with Gasteiger partial charge in [0.25, 0.3) is 0 Å². The average Bonchev–Trinajstić information content (AvgIpc) is 3.94. The van der Waals surface area contributed by atoms with Crippen LogP contribution < -0.4 is 0 Å². The molecule has 0 aromatic heterocycles. The Kier molecular flexibility index (Phi) is 15.1. The molecule has 0 saturated carbocycles. The van der Waals surface area contributed by atoms with Crippen LogP contribution >= 0.6 is 0 Å². The van der Waals surface area contributed by atoms with Gasteiger partial charge in [0.2, 0.25) is 0 Å². The van der Waals surface area contributed by atoms with E-state index >= 15 is 0 Å². The second-order valence-corrected chi connectivity index (χ2v) is 21.5. The van der Waals surface area contributed by atoms with Gasteiger partial charge in [0.1, 0.15) is 18.1 Å². The zero-order valence-corrected chi connectivity index (χ0v) is 41.0. The first kappa shape index (κ1) is 50.8. The molecule has 1 spiro atoms. The minimum absolute atomic E-state index is 0.0136. The maximum Gasteiger partial charge on any atom is 0.311 e. The molecule has 16 heteroatoms. The fraction of sp³-hybridized carbons (Fsp3) is 0.979. The van der Waals surface area contributed by atoms with Crippen LogP contribution in [0, 0.1) is 35.5 Å². The molecule has 7 aliphatic heterocycles. The predicted octanol–water partition coefficient (Wildman–Crippen LogP) is 5.59. The van der Waals surface area contributed by atoms with E-state index in [4.69, 9.17) is 56.8 Å². The fourth-order valence-corrected chi connectivity index (χ4v) is 13.1. The summed E-state index contributed by atoms with van der Waals surface area (Å²) in [4.78, 5) is 12.3. The lowest BCUT2D eigenvalue weighted by Gasteiger charge is -2.53. The van der Waals surface area contributed by atoms with Gasteiger partial charge < -0.3 is 72.2 Å². The van der Waals surface area contributed by atoms with Gasteiger partial charge >= 0.3 is 5.97 Å². The molecule has 0 radical (unpaired) electrons. The number of carboxylic acid groups (broad SMARTS) is 1. The quantitative estimate of drug-likeness (QED) is 0.207. The summed E-state index contributed by atoms with van der Waals surface area (Å²) in [5, 5.41) is 33.0. The normalized spacial score (nSPS) is 54.1. The van der Waals surface area contributed by atoms with Gasteiger partial charge in [-0.2, -0.15) is 0 Å². The summed E-state index contributed by atoms with van der Waals surface area (Å²) in [6.07, 6.45) is 0.640. The van der Waals surface area contributed by atoms with Crippen molar-refractivity contribution in [3.05, 3.63) is 0 Å². The lowest BCUT2D eigenvalue weighted by Crippen LogP contribution is -2.65. The third-order valence-corrected chi connectivity index (χ3v) is 17.2. The molecule has 0 aromatic carbocycles. The first-order valence-corrected chi connectivity index (χ1v) is 24.2. The maximum atomic E-state index is 12.3. The highest BCUT2D eigenvalue weighted by Gasteiger charge is 2.67. The van der Waals surface area contributed by atoms with Crippen LogP contribution in [0.25, 0.3) is 0 Å². The van der Waals surface area contributed by atoms with Crippen molar-refractivity contribution in [3.63, 3.8) is 0 Å². The van der Waals surface area contributed by atoms with E-state index in [-0.39, 0.29) is 66.7 Å². The van der Waals surface area contributed by atoms with E-state index < -0.39 is 89.3 Å². The molecule has 24 atom stereocenters. The van der Waals surface area contributed by atoms with E-state index in [0.717, 1.165) is 25.7 Å². The molecular formula is C48H82O16. The molecule has 0 aliphatic carbocycles. The van der Waals surface area contributed by atoms with Crippen molar-refractivity contribution < 1.29 is 77.0 Å². The lowest BCUT2D eigenvalue weighted by atomic mass is 9.76. The van der Waals surface area contributed by atoms with Crippen molar-refractivity contribution in [1.82, 2.24) is 0 Å². The third-order valence-electron chi connectivity index (χ3n) is 17.2. The van der Waals surface area contributed by atoms with Crippen LogP contribution in [0.15, 0.2) is 0 Å². The zero-order valence-electron chi connectivity index (χ0n) is 41.0. The molecule has 0 amide bonds. The van der Waals surface area contributed by atoms with Gasteiger partial charge in [-0.15, -0.1) is 0 Å². The van der Waals surface area contributed by atoms with Crippen molar-refractivity contribution >= 4 is 5.97 Å². The van der Waals surface area contributed by atoms with E-state index in [1.54, 1.807) is 35.2 Å². The molecule has 7 heterocycles. The van der Waals surface area contributed by atoms with Gasteiger partial charge in [0.15, 0.2) is 23.7 Å². The molecule has 7 fully saturated rings. The number of hydrogen-bond acceptors (Lipinski definition) is 15. The molecule has 7 aliphatic rings. The molecule has 16 nitrogen and oxygen atoms in total. The van der Waals surface area contributed by atoms with E-state index in [1.807, 2.05) is 13.8 Å². The largest absolute Gasteiger partial charge is 0.481 e. The topological polar surface area (TPSA) is 189 Å². The molecule has 3 N–H and O–H groups in total. The van der Waals surface area contributed by atoms with Crippen LogP contribution in [0.1, 0.15) is 127 Å². The molecule has 7 rings (SSSR count). The van der Waals surface area contributed by atoms with Gasteiger partial charge in [0, 0.05) is 77.8 Å². The Morgan fingerprint density at radius 3 is 2.03 bits per heavy atom. The minimum atomic E-state index is -2.03. The van der Waals surface area contributed by atoms with Crippen molar-refractivity contribution in [2.45, 2.75) is 235 Å². The number of ether oxygens (including phenoxy) is 12. The Labute approximate surface area is 381 Å². The first-order chi connectivity index (χ1) is 30.0.